The van der Waals surface area contributed by atoms with E-state index in [9.17, 15) is 0 Å². The maximum atomic E-state index is 5.33. The smallest absolute Gasteiger partial charge is 0.292 e. The Morgan fingerprint density at radius 1 is 1.64 bits per heavy atom. The quantitative estimate of drug-likeness (QED) is 0.648. The van der Waals surface area contributed by atoms with Gasteiger partial charge in [0.25, 0.3) is 6.01 Å². The van der Waals surface area contributed by atoms with Crippen LogP contribution in [0.25, 0.3) is 0 Å². The van der Waals surface area contributed by atoms with Crippen molar-refractivity contribution in [1.82, 2.24) is 4.98 Å². The number of oxazole rings is 1. The van der Waals surface area contributed by atoms with Crippen LogP contribution in [-0.2, 0) is 4.74 Å². The second-order valence-corrected chi connectivity index (χ2v) is 2.67. The summed E-state index contributed by atoms with van der Waals surface area (Å²) in [5, 5.41) is 0. The molecule has 0 saturated carbocycles. The largest absolute Gasteiger partial charge is 0.432 e. The third-order valence-electron chi connectivity index (χ3n) is 1.89. The maximum Gasteiger partial charge on any atom is 0.292 e. The molecule has 0 spiro atoms. The summed E-state index contributed by atoms with van der Waals surface area (Å²) < 4.78 is 10.1. The van der Waals surface area contributed by atoms with Gasteiger partial charge in [0.1, 0.15) is 6.26 Å². The van der Waals surface area contributed by atoms with Crippen molar-refractivity contribution in [2.75, 3.05) is 18.9 Å². The minimum atomic E-state index is 0.243. The molecule has 1 unspecified atom stereocenters. The van der Waals surface area contributed by atoms with E-state index >= 15 is 0 Å². The van der Waals surface area contributed by atoms with E-state index in [0.717, 1.165) is 25.3 Å². The minimum absolute atomic E-state index is 0.243. The lowest BCUT2D eigenvalue weighted by atomic mass is 10.1. The van der Waals surface area contributed by atoms with E-state index in [1.165, 1.54) is 0 Å². The third-order valence-corrected chi connectivity index (χ3v) is 1.89. The average Bonchev–Trinajstić information content (AvgIpc) is 2.55. The van der Waals surface area contributed by atoms with Crippen LogP contribution >= 0.6 is 0 Å². The summed E-state index contributed by atoms with van der Waals surface area (Å²) in [7, 11) is 0. The summed E-state index contributed by atoms with van der Waals surface area (Å²) in [5.74, 6) is 0.385. The van der Waals surface area contributed by atoms with Gasteiger partial charge in [0.2, 0.25) is 0 Å². The fourth-order valence-corrected chi connectivity index (χ4v) is 1.26. The number of aromatic nitrogens is 1. The fraction of sp³-hybridized carbons (Fsp3) is 0.571. The molecule has 1 aliphatic rings. The minimum Gasteiger partial charge on any atom is -0.432 e. The van der Waals surface area contributed by atoms with E-state index in [2.05, 4.69) is 4.98 Å². The lowest BCUT2D eigenvalue weighted by Gasteiger charge is -1.98. The highest BCUT2D eigenvalue weighted by atomic mass is 16.5. The first-order chi connectivity index (χ1) is 5.36. The molecule has 1 saturated heterocycles. The summed E-state index contributed by atoms with van der Waals surface area (Å²) in [6, 6.07) is 0.243. The Hall–Kier alpha value is -1.03. The number of nitrogens with two attached hydrogens (primary N) is 1. The molecule has 0 aromatic carbocycles. The summed E-state index contributed by atoms with van der Waals surface area (Å²) >= 11 is 0. The SMILES string of the molecule is Nc1nc(C2CCOC2)co1. The Labute approximate surface area is 64.4 Å². The molecule has 2 heterocycles. The van der Waals surface area contributed by atoms with E-state index < -0.39 is 0 Å². The molecule has 0 bridgehead atoms. The predicted molar refractivity (Wildman–Crippen MR) is 39.1 cm³/mol. The first-order valence-corrected chi connectivity index (χ1v) is 3.65. The number of hydrogen-bond acceptors (Lipinski definition) is 4. The van der Waals surface area contributed by atoms with Gasteiger partial charge in [-0.05, 0) is 6.42 Å². The molecule has 0 amide bonds. The van der Waals surface area contributed by atoms with E-state index in [1.54, 1.807) is 6.26 Å². The average molecular weight is 154 g/mol. The lowest BCUT2D eigenvalue weighted by Crippen LogP contribution is -1.97. The monoisotopic (exact) mass is 154 g/mol. The highest BCUT2D eigenvalue weighted by molar-refractivity contribution is 5.16. The number of nitrogen functional groups attached to an aromatic ring is 1. The van der Waals surface area contributed by atoms with Crippen molar-refractivity contribution in [3.05, 3.63) is 12.0 Å². The molecular weight excluding hydrogens is 144 g/mol. The van der Waals surface area contributed by atoms with Crippen molar-refractivity contribution in [2.24, 2.45) is 0 Å². The van der Waals surface area contributed by atoms with Crippen molar-refractivity contribution >= 4 is 6.01 Å². The van der Waals surface area contributed by atoms with Crippen molar-refractivity contribution in [3.8, 4) is 0 Å². The van der Waals surface area contributed by atoms with Gasteiger partial charge in [0.05, 0.1) is 12.3 Å². The molecular formula is C7H10N2O2. The van der Waals surface area contributed by atoms with Crippen LogP contribution in [0, 0.1) is 0 Å². The summed E-state index contributed by atoms with van der Waals surface area (Å²) in [4.78, 5) is 4.02. The van der Waals surface area contributed by atoms with Crippen molar-refractivity contribution in [2.45, 2.75) is 12.3 Å². The van der Waals surface area contributed by atoms with E-state index in [1.807, 2.05) is 0 Å². The zero-order valence-corrected chi connectivity index (χ0v) is 6.12. The number of nitrogens with zero attached hydrogens (tertiary/aromatic N) is 1. The second kappa shape index (κ2) is 2.54. The Kier molecular flexibility index (Phi) is 1.54. The molecule has 4 nitrogen and oxygen atoms in total. The zero-order chi connectivity index (χ0) is 7.68. The normalized spacial score (nSPS) is 24.2. The van der Waals surface area contributed by atoms with Crippen LogP contribution in [0.15, 0.2) is 10.7 Å². The molecule has 0 aliphatic carbocycles. The van der Waals surface area contributed by atoms with Crippen LogP contribution in [0.1, 0.15) is 18.0 Å². The molecule has 4 heteroatoms. The maximum absolute atomic E-state index is 5.33. The number of anilines is 1. The zero-order valence-electron chi connectivity index (χ0n) is 6.12. The van der Waals surface area contributed by atoms with Gasteiger partial charge in [-0.3, -0.25) is 0 Å². The van der Waals surface area contributed by atoms with Gasteiger partial charge in [-0.25, -0.2) is 0 Å². The van der Waals surface area contributed by atoms with Gasteiger partial charge in [0.15, 0.2) is 0 Å². The Balaban J connectivity index is 2.15. The molecule has 1 fully saturated rings. The highest BCUT2D eigenvalue weighted by Gasteiger charge is 2.20. The standard InChI is InChI=1S/C7H10N2O2/c8-7-9-6(4-11-7)5-1-2-10-3-5/h4-5H,1-3H2,(H2,8,9). The summed E-state index contributed by atoms with van der Waals surface area (Å²) in [6.45, 7) is 1.56. The Morgan fingerprint density at radius 3 is 3.09 bits per heavy atom. The number of ether oxygens (including phenoxy) is 1. The van der Waals surface area contributed by atoms with Gasteiger partial charge in [0, 0.05) is 12.5 Å². The van der Waals surface area contributed by atoms with Crippen LogP contribution in [-0.4, -0.2) is 18.2 Å². The van der Waals surface area contributed by atoms with E-state index in [0.29, 0.717) is 5.92 Å². The highest BCUT2D eigenvalue weighted by Crippen LogP contribution is 2.24. The Bertz CT molecular complexity index is 240. The van der Waals surface area contributed by atoms with Gasteiger partial charge >= 0.3 is 0 Å². The van der Waals surface area contributed by atoms with Crippen molar-refractivity contribution < 1.29 is 9.15 Å². The van der Waals surface area contributed by atoms with Crippen LogP contribution in [0.5, 0.6) is 0 Å². The van der Waals surface area contributed by atoms with Gasteiger partial charge in [-0.1, -0.05) is 0 Å². The van der Waals surface area contributed by atoms with E-state index in [-0.39, 0.29) is 6.01 Å². The first kappa shape index (κ1) is 6.67. The van der Waals surface area contributed by atoms with Crippen LogP contribution < -0.4 is 5.73 Å². The lowest BCUT2D eigenvalue weighted by molar-refractivity contribution is 0.193. The molecule has 60 valence electrons. The molecule has 2 N–H and O–H groups in total. The van der Waals surface area contributed by atoms with Crippen LogP contribution in [0.3, 0.4) is 0 Å². The van der Waals surface area contributed by atoms with Gasteiger partial charge in [-0.15, -0.1) is 0 Å². The first-order valence-electron chi connectivity index (χ1n) is 3.65. The van der Waals surface area contributed by atoms with Crippen LogP contribution in [0.4, 0.5) is 6.01 Å². The topological polar surface area (TPSA) is 61.3 Å². The van der Waals surface area contributed by atoms with Crippen LogP contribution in [0.2, 0.25) is 0 Å². The Morgan fingerprint density at radius 2 is 2.55 bits per heavy atom. The molecule has 1 aliphatic heterocycles. The second-order valence-electron chi connectivity index (χ2n) is 2.67. The molecule has 1 aromatic rings. The van der Waals surface area contributed by atoms with E-state index in [4.69, 9.17) is 14.9 Å². The van der Waals surface area contributed by atoms with Crippen molar-refractivity contribution in [1.29, 1.82) is 0 Å². The molecule has 1 aromatic heterocycles. The molecule has 11 heavy (non-hydrogen) atoms. The fourth-order valence-electron chi connectivity index (χ4n) is 1.26. The third kappa shape index (κ3) is 1.21. The summed E-state index contributed by atoms with van der Waals surface area (Å²) in [6.07, 6.45) is 2.63. The molecule has 2 rings (SSSR count). The summed E-state index contributed by atoms with van der Waals surface area (Å²) in [5.41, 5.74) is 6.24. The van der Waals surface area contributed by atoms with Gasteiger partial charge in [-0.2, -0.15) is 4.98 Å². The van der Waals surface area contributed by atoms with Crippen molar-refractivity contribution in [3.63, 3.8) is 0 Å². The number of hydrogen-bond donors (Lipinski definition) is 1. The predicted octanol–water partition coefficient (Wildman–Crippen LogP) is 0.761. The molecule has 1 atom stereocenters. The molecule has 0 radical (unpaired) electrons. The number of rotatable bonds is 1. The van der Waals surface area contributed by atoms with Gasteiger partial charge < -0.3 is 14.9 Å².